The summed E-state index contributed by atoms with van der Waals surface area (Å²) in [4.78, 5) is 11.9. The van der Waals surface area contributed by atoms with Crippen molar-refractivity contribution in [2.75, 3.05) is 0 Å². The minimum Gasteiger partial charge on any atom is -0.481 e. The summed E-state index contributed by atoms with van der Waals surface area (Å²) >= 11 is 0. The van der Waals surface area contributed by atoms with Gasteiger partial charge in [0.05, 0.1) is 0 Å². The third-order valence-corrected chi connectivity index (χ3v) is 3.36. The van der Waals surface area contributed by atoms with Crippen LogP contribution in [0, 0.1) is 0 Å². The Bertz CT molecular complexity index is 444. The van der Waals surface area contributed by atoms with E-state index in [0.29, 0.717) is 11.8 Å². The van der Waals surface area contributed by atoms with Crippen LogP contribution in [0.1, 0.15) is 44.7 Å². The fourth-order valence-electron chi connectivity index (χ4n) is 1.90. The number of carbonyl (C=O) groups is 1. The van der Waals surface area contributed by atoms with E-state index in [1.807, 2.05) is 31.2 Å². The number of para-hydroxylation sites is 1. The van der Waals surface area contributed by atoms with E-state index in [2.05, 4.69) is 5.32 Å². The first-order valence-corrected chi connectivity index (χ1v) is 6.93. The van der Waals surface area contributed by atoms with Gasteiger partial charge in [-0.15, -0.1) is 0 Å². The van der Waals surface area contributed by atoms with Crippen LogP contribution in [-0.4, -0.2) is 18.1 Å². The Balaban J connectivity index is 2.02. The summed E-state index contributed by atoms with van der Waals surface area (Å²) in [6, 6.07) is 7.95. The molecule has 1 aromatic rings. The van der Waals surface area contributed by atoms with E-state index in [0.717, 1.165) is 24.8 Å². The van der Waals surface area contributed by atoms with Gasteiger partial charge in [0, 0.05) is 17.6 Å². The smallest absolute Gasteiger partial charge is 0.260 e. The summed E-state index contributed by atoms with van der Waals surface area (Å²) in [7, 11) is 0. The number of nitrogens with one attached hydrogen (secondary N) is 1. The fraction of sp³-hybridized carbons (Fsp3) is 0.533. The lowest BCUT2D eigenvalue weighted by Crippen LogP contribution is -2.37. The number of nitrogens with two attached hydrogens (primary N) is 1. The summed E-state index contributed by atoms with van der Waals surface area (Å²) in [5.74, 6) is 0.651. The van der Waals surface area contributed by atoms with Crippen molar-refractivity contribution in [2.24, 2.45) is 5.73 Å². The van der Waals surface area contributed by atoms with E-state index in [1.165, 1.54) is 0 Å². The highest BCUT2D eigenvalue weighted by molar-refractivity contribution is 5.81. The van der Waals surface area contributed by atoms with E-state index in [-0.39, 0.29) is 11.9 Å². The van der Waals surface area contributed by atoms with Gasteiger partial charge in [0.1, 0.15) is 5.75 Å². The SMILES string of the molecule is CC[C@H](N)c1ccccc1OC(C)C(=O)NC1CC1. The second-order valence-electron chi connectivity index (χ2n) is 5.10. The molecule has 1 saturated carbocycles. The highest BCUT2D eigenvalue weighted by Gasteiger charge is 2.26. The van der Waals surface area contributed by atoms with Crippen LogP contribution in [0.4, 0.5) is 0 Å². The van der Waals surface area contributed by atoms with Gasteiger partial charge in [-0.3, -0.25) is 4.79 Å². The first-order chi connectivity index (χ1) is 9.11. The van der Waals surface area contributed by atoms with Crippen LogP contribution in [0.25, 0.3) is 0 Å². The van der Waals surface area contributed by atoms with Gasteiger partial charge in [-0.1, -0.05) is 25.1 Å². The van der Waals surface area contributed by atoms with Crippen molar-refractivity contribution in [2.45, 2.75) is 51.3 Å². The summed E-state index contributed by atoms with van der Waals surface area (Å²) in [6.45, 7) is 3.80. The van der Waals surface area contributed by atoms with E-state index >= 15 is 0 Å². The molecule has 1 unspecified atom stereocenters. The molecule has 1 amide bonds. The van der Waals surface area contributed by atoms with Crippen molar-refractivity contribution >= 4 is 5.91 Å². The lowest BCUT2D eigenvalue weighted by atomic mass is 10.0. The summed E-state index contributed by atoms with van der Waals surface area (Å²) in [5, 5.41) is 2.94. The normalized spacial score (nSPS) is 17.6. The van der Waals surface area contributed by atoms with Crippen molar-refractivity contribution in [3.8, 4) is 5.75 Å². The van der Waals surface area contributed by atoms with Crippen molar-refractivity contribution in [3.63, 3.8) is 0 Å². The second-order valence-corrected chi connectivity index (χ2v) is 5.10. The van der Waals surface area contributed by atoms with Gasteiger partial charge in [-0.25, -0.2) is 0 Å². The highest BCUT2D eigenvalue weighted by atomic mass is 16.5. The molecule has 0 aliphatic heterocycles. The maximum atomic E-state index is 11.9. The third-order valence-electron chi connectivity index (χ3n) is 3.36. The van der Waals surface area contributed by atoms with Gasteiger partial charge in [-0.05, 0) is 32.3 Å². The molecule has 3 N–H and O–H groups in total. The zero-order valence-electron chi connectivity index (χ0n) is 11.6. The predicted molar refractivity (Wildman–Crippen MR) is 74.9 cm³/mol. The quantitative estimate of drug-likeness (QED) is 0.825. The fourth-order valence-corrected chi connectivity index (χ4v) is 1.90. The first kappa shape index (κ1) is 13.9. The summed E-state index contributed by atoms with van der Waals surface area (Å²) in [6.07, 6.45) is 2.50. The number of hydrogen-bond acceptors (Lipinski definition) is 3. The van der Waals surface area contributed by atoms with Gasteiger partial charge in [0.25, 0.3) is 5.91 Å². The van der Waals surface area contributed by atoms with Crippen LogP contribution in [0.3, 0.4) is 0 Å². The van der Waals surface area contributed by atoms with E-state index in [4.69, 9.17) is 10.5 Å². The van der Waals surface area contributed by atoms with Gasteiger partial charge in [0.2, 0.25) is 0 Å². The zero-order valence-corrected chi connectivity index (χ0v) is 11.6. The van der Waals surface area contributed by atoms with Crippen LogP contribution in [-0.2, 0) is 4.79 Å². The Morgan fingerprint density at radius 2 is 2.16 bits per heavy atom. The average Bonchev–Trinajstić information content (AvgIpc) is 3.22. The lowest BCUT2D eigenvalue weighted by Gasteiger charge is -2.19. The number of rotatable bonds is 6. The Morgan fingerprint density at radius 3 is 2.79 bits per heavy atom. The Morgan fingerprint density at radius 1 is 1.47 bits per heavy atom. The molecule has 1 aromatic carbocycles. The Labute approximate surface area is 114 Å². The molecule has 1 aliphatic carbocycles. The minimum absolute atomic E-state index is 0.0534. The third kappa shape index (κ3) is 3.70. The number of carbonyl (C=O) groups excluding carboxylic acids is 1. The standard InChI is InChI=1S/C15H22N2O2/c1-3-13(16)12-6-4-5-7-14(12)19-10(2)15(18)17-11-8-9-11/h4-7,10-11,13H,3,8-9,16H2,1-2H3,(H,17,18)/t10?,13-/m0/s1. The second kappa shape index (κ2) is 6.06. The maximum Gasteiger partial charge on any atom is 0.260 e. The van der Waals surface area contributed by atoms with Crippen LogP contribution in [0.5, 0.6) is 5.75 Å². The Hall–Kier alpha value is -1.55. The molecule has 2 atom stereocenters. The molecule has 1 aliphatic rings. The van der Waals surface area contributed by atoms with Gasteiger partial charge in [0.15, 0.2) is 6.10 Å². The summed E-state index contributed by atoms with van der Waals surface area (Å²) < 4.78 is 5.77. The molecule has 19 heavy (non-hydrogen) atoms. The molecule has 2 rings (SSSR count). The number of amides is 1. The van der Waals surface area contributed by atoms with Crippen molar-refractivity contribution in [1.82, 2.24) is 5.32 Å². The van der Waals surface area contributed by atoms with Crippen molar-refractivity contribution in [1.29, 1.82) is 0 Å². The molecule has 104 valence electrons. The highest BCUT2D eigenvalue weighted by Crippen LogP contribution is 2.26. The topological polar surface area (TPSA) is 64.3 Å². The molecule has 0 heterocycles. The van der Waals surface area contributed by atoms with Gasteiger partial charge < -0.3 is 15.8 Å². The lowest BCUT2D eigenvalue weighted by molar-refractivity contribution is -0.127. The van der Waals surface area contributed by atoms with E-state index in [9.17, 15) is 4.79 Å². The maximum absolute atomic E-state index is 11.9. The van der Waals surface area contributed by atoms with Crippen LogP contribution >= 0.6 is 0 Å². The molecule has 1 fully saturated rings. The molecular weight excluding hydrogens is 240 g/mol. The van der Waals surface area contributed by atoms with E-state index in [1.54, 1.807) is 6.92 Å². The molecule has 0 saturated heterocycles. The zero-order chi connectivity index (χ0) is 13.8. The molecule has 0 spiro atoms. The summed E-state index contributed by atoms with van der Waals surface area (Å²) in [5.41, 5.74) is 7.01. The molecule has 0 aromatic heterocycles. The monoisotopic (exact) mass is 262 g/mol. The Kier molecular flexibility index (Phi) is 4.43. The minimum atomic E-state index is -0.495. The van der Waals surface area contributed by atoms with Crippen molar-refractivity contribution in [3.05, 3.63) is 29.8 Å². The number of ether oxygens (including phenoxy) is 1. The molecule has 0 radical (unpaired) electrons. The van der Waals surface area contributed by atoms with Crippen molar-refractivity contribution < 1.29 is 9.53 Å². The van der Waals surface area contributed by atoms with Crippen LogP contribution in [0.2, 0.25) is 0 Å². The molecule has 4 nitrogen and oxygen atoms in total. The van der Waals surface area contributed by atoms with Gasteiger partial charge >= 0.3 is 0 Å². The molecule has 4 heteroatoms. The number of hydrogen-bond donors (Lipinski definition) is 2. The predicted octanol–water partition coefficient (Wildman–Crippen LogP) is 2.14. The number of benzene rings is 1. The van der Waals surface area contributed by atoms with Crippen LogP contribution in [0.15, 0.2) is 24.3 Å². The molecule has 0 bridgehead atoms. The van der Waals surface area contributed by atoms with E-state index < -0.39 is 6.10 Å². The largest absolute Gasteiger partial charge is 0.481 e. The van der Waals surface area contributed by atoms with Crippen LogP contribution < -0.4 is 15.8 Å². The first-order valence-electron chi connectivity index (χ1n) is 6.93. The van der Waals surface area contributed by atoms with Gasteiger partial charge in [-0.2, -0.15) is 0 Å². The molecular formula is C15H22N2O2. The average molecular weight is 262 g/mol.